The fourth-order valence-electron chi connectivity index (χ4n) is 3.10. The van der Waals surface area contributed by atoms with Gasteiger partial charge in [-0.15, -0.1) is 0 Å². The maximum Gasteiger partial charge on any atom is 0.244 e. The molecule has 2 amide bonds. The van der Waals surface area contributed by atoms with Crippen LogP contribution in [0, 0.1) is 6.92 Å². The van der Waals surface area contributed by atoms with Crippen molar-refractivity contribution in [1.82, 2.24) is 10.2 Å². The van der Waals surface area contributed by atoms with Crippen molar-refractivity contribution in [1.29, 1.82) is 0 Å². The van der Waals surface area contributed by atoms with Crippen LogP contribution in [-0.2, 0) is 26.2 Å². The van der Waals surface area contributed by atoms with Crippen LogP contribution in [0.3, 0.4) is 0 Å². The molecule has 168 valence electrons. The lowest BCUT2D eigenvalue weighted by atomic mass is 10.1. The number of benzene rings is 2. The highest BCUT2D eigenvalue weighted by Crippen LogP contribution is 2.26. The number of hydrogen-bond donors (Lipinski definition) is 1. The Morgan fingerprint density at radius 3 is 2.32 bits per heavy atom. The van der Waals surface area contributed by atoms with E-state index in [1.54, 1.807) is 56.3 Å². The zero-order valence-electron chi connectivity index (χ0n) is 17.7. The second-order valence-corrected chi connectivity index (χ2v) is 9.85. The number of amides is 2. The second kappa shape index (κ2) is 10.3. The first-order chi connectivity index (χ1) is 14.5. The Morgan fingerprint density at radius 1 is 1.13 bits per heavy atom. The van der Waals surface area contributed by atoms with Gasteiger partial charge in [-0.25, -0.2) is 8.42 Å². The Labute approximate surface area is 193 Å². The van der Waals surface area contributed by atoms with Gasteiger partial charge < -0.3 is 10.2 Å². The zero-order chi connectivity index (χ0) is 23.3. The topological polar surface area (TPSA) is 86.8 Å². The van der Waals surface area contributed by atoms with E-state index in [1.165, 1.54) is 11.9 Å². The van der Waals surface area contributed by atoms with Crippen LogP contribution in [0.5, 0.6) is 0 Å². The molecule has 2 rings (SSSR count). The van der Waals surface area contributed by atoms with E-state index in [0.29, 0.717) is 26.9 Å². The Hall–Kier alpha value is -2.29. The molecule has 7 nitrogen and oxygen atoms in total. The Bertz CT molecular complexity index is 1080. The lowest BCUT2D eigenvalue weighted by Crippen LogP contribution is -2.50. The van der Waals surface area contributed by atoms with Crippen LogP contribution in [0.2, 0.25) is 10.0 Å². The third-order valence-corrected chi connectivity index (χ3v) is 6.55. The average Bonchev–Trinajstić information content (AvgIpc) is 2.70. The number of hydrogen-bond acceptors (Lipinski definition) is 4. The number of nitrogens with zero attached hydrogens (tertiary/aromatic N) is 2. The molecule has 0 aromatic heterocycles. The molecule has 0 aliphatic heterocycles. The highest BCUT2D eigenvalue weighted by Gasteiger charge is 2.30. The standard InChI is InChI=1S/C21H25Cl2N3O4S/c1-14-11-17(22)9-10-19(14)26(31(4,29)30)13-20(27)25(15(2)21(28)24-3)12-16-7-5-6-8-18(16)23/h5-11,15H,12-13H2,1-4H3,(H,24,28)/t15-/m0/s1. The number of halogens is 2. The third-order valence-electron chi connectivity index (χ3n) is 4.82. The highest BCUT2D eigenvalue weighted by molar-refractivity contribution is 7.92. The van der Waals surface area contributed by atoms with Crippen LogP contribution in [0.1, 0.15) is 18.1 Å². The molecule has 1 N–H and O–H groups in total. The van der Waals surface area contributed by atoms with Crippen LogP contribution in [0.25, 0.3) is 0 Å². The largest absolute Gasteiger partial charge is 0.357 e. The van der Waals surface area contributed by atoms with Crippen molar-refractivity contribution in [2.75, 3.05) is 24.2 Å². The van der Waals surface area contributed by atoms with Crippen molar-refractivity contribution in [3.8, 4) is 0 Å². The van der Waals surface area contributed by atoms with Crippen molar-refractivity contribution >= 4 is 50.7 Å². The van der Waals surface area contributed by atoms with Crippen molar-refractivity contribution in [2.24, 2.45) is 0 Å². The van der Waals surface area contributed by atoms with E-state index in [-0.39, 0.29) is 12.5 Å². The number of likely N-dealkylation sites (N-methyl/N-ethyl adjacent to an activating group) is 1. The minimum atomic E-state index is -3.80. The second-order valence-electron chi connectivity index (χ2n) is 7.10. The van der Waals surface area contributed by atoms with Gasteiger partial charge in [0.1, 0.15) is 12.6 Å². The average molecular weight is 486 g/mol. The summed E-state index contributed by atoms with van der Waals surface area (Å²) in [5.74, 6) is -0.926. The molecule has 0 spiro atoms. The van der Waals surface area contributed by atoms with Crippen LogP contribution in [0.4, 0.5) is 5.69 Å². The van der Waals surface area contributed by atoms with Crippen LogP contribution >= 0.6 is 23.2 Å². The molecule has 0 heterocycles. The van der Waals surface area contributed by atoms with Gasteiger partial charge in [0.05, 0.1) is 11.9 Å². The van der Waals surface area contributed by atoms with Gasteiger partial charge in [0, 0.05) is 23.6 Å². The van der Waals surface area contributed by atoms with Crippen molar-refractivity contribution in [3.63, 3.8) is 0 Å². The van der Waals surface area contributed by atoms with Gasteiger partial charge in [-0.05, 0) is 49.2 Å². The molecule has 0 saturated carbocycles. The summed E-state index contributed by atoms with van der Waals surface area (Å²) in [6.07, 6.45) is 1.02. The quantitative estimate of drug-likeness (QED) is 0.621. The van der Waals surface area contributed by atoms with E-state index in [9.17, 15) is 18.0 Å². The Kier molecular flexibility index (Phi) is 8.34. The number of carbonyl (C=O) groups is 2. The Balaban J connectivity index is 2.43. The van der Waals surface area contributed by atoms with E-state index in [2.05, 4.69) is 5.32 Å². The van der Waals surface area contributed by atoms with Gasteiger partial charge in [-0.3, -0.25) is 13.9 Å². The van der Waals surface area contributed by atoms with Gasteiger partial charge in [0.2, 0.25) is 21.8 Å². The van der Waals surface area contributed by atoms with Crippen molar-refractivity contribution in [2.45, 2.75) is 26.4 Å². The maximum absolute atomic E-state index is 13.3. The third kappa shape index (κ3) is 6.35. The number of carbonyl (C=O) groups excluding carboxylic acids is 2. The molecule has 2 aromatic rings. The van der Waals surface area contributed by atoms with Gasteiger partial charge >= 0.3 is 0 Å². The molecule has 0 fully saturated rings. The van der Waals surface area contributed by atoms with Gasteiger partial charge in [0.25, 0.3) is 0 Å². The van der Waals surface area contributed by atoms with E-state index in [1.807, 2.05) is 0 Å². The lowest BCUT2D eigenvalue weighted by molar-refractivity contribution is -0.139. The molecular weight excluding hydrogens is 461 g/mol. The molecule has 2 aromatic carbocycles. The molecule has 0 saturated heterocycles. The maximum atomic E-state index is 13.3. The number of rotatable bonds is 8. The van der Waals surface area contributed by atoms with Gasteiger partial charge in [-0.1, -0.05) is 41.4 Å². The molecule has 0 unspecified atom stereocenters. The molecule has 0 aliphatic carbocycles. The van der Waals surface area contributed by atoms with Crippen LogP contribution in [0.15, 0.2) is 42.5 Å². The first-order valence-corrected chi connectivity index (χ1v) is 12.0. The van der Waals surface area contributed by atoms with Crippen molar-refractivity contribution < 1.29 is 18.0 Å². The first-order valence-electron chi connectivity index (χ1n) is 9.44. The number of nitrogens with one attached hydrogen (secondary N) is 1. The highest BCUT2D eigenvalue weighted by atomic mass is 35.5. The summed E-state index contributed by atoms with van der Waals surface area (Å²) in [4.78, 5) is 26.9. The summed E-state index contributed by atoms with van der Waals surface area (Å²) in [7, 11) is -2.33. The van der Waals surface area contributed by atoms with E-state index in [4.69, 9.17) is 23.2 Å². The normalized spacial score (nSPS) is 12.2. The van der Waals surface area contributed by atoms with Gasteiger partial charge in [-0.2, -0.15) is 0 Å². The number of anilines is 1. The Morgan fingerprint density at radius 2 is 1.77 bits per heavy atom. The summed E-state index contributed by atoms with van der Waals surface area (Å²) >= 11 is 12.2. The molecule has 0 radical (unpaired) electrons. The zero-order valence-corrected chi connectivity index (χ0v) is 20.1. The molecule has 31 heavy (non-hydrogen) atoms. The van der Waals surface area contributed by atoms with E-state index >= 15 is 0 Å². The van der Waals surface area contributed by atoms with E-state index < -0.39 is 28.5 Å². The fraction of sp³-hybridized carbons (Fsp3) is 0.333. The summed E-state index contributed by atoms with van der Waals surface area (Å²) in [6.45, 7) is 2.85. The number of sulfonamides is 1. The molecule has 10 heteroatoms. The van der Waals surface area contributed by atoms with Gasteiger partial charge in [0.15, 0.2) is 0 Å². The molecule has 0 bridgehead atoms. The van der Waals surface area contributed by atoms with Crippen LogP contribution in [-0.4, -0.2) is 51.0 Å². The first kappa shape index (κ1) is 25.0. The summed E-state index contributed by atoms with van der Waals surface area (Å²) in [6, 6.07) is 10.8. The minimum Gasteiger partial charge on any atom is -0.357 e. The molecule has 1 atom stereocenters. The number of aryl methyl sites for hydroxylation is 1. The predicted octanol–water partition coefficient (Wildman–Crippen LogP) is 3.23. The smallest absolute Gasteiger partial charge is 0.244 e. The lowest BCUT2D eigenvalue weighted by Gasteiger charge is -2.31. The molecule has 0 aliphatic rings. The summed E-state index contributed by atoms with van der Waals surface area (Å²) < 4.78 is 26.1. The minimum absolute atomic E-state index is 0.0459. The van der Waals surface area contributed by atoms with Crippen molar-refractivity contribution in [3.05, 3.63) is 63.6 Å². The molecular formula is C21H25Cl2N3O4S. The summed E-state index contributed by atoms with van der Waals surface area (Å²) in [5.41, 5.74) is 1.58. The van der Waals surface area contributed by atoms with Crippen LogP contribution < -0.4 is 9.62 Å². The summed E-state index contributed by atoms with van der Waals surface area (Å²) in [5, 5.41) is 3.41. The fourth-order valence-corrected chi connectivity index (χ4v) is 4.42. The monoisotopic (exact) mass is 485 g/mol. The predicted molar refractivity (Wildman–Crippen MR) is 124 cm³/mol. The SMILES string of the molecule is CNC(=O)[C@H](C)N(Cc1ccccc1Cl)C(=O)CN(c1ccc(Cl)cc1C)S(C)(=O)=O. The van der Waals surface area contributed by atoms with E-state index in [0.717, 1.165) is 10.6 Å².